The van der Waals surface area contributed by atoms with E-state index in [4.69, 9.17) is 0 Å². The van der Waals surface area contributed by atoms with E-state index in [9.17, 15) is 4.39 Å². The van der Waals surface area contributed by atoms with Crippen molar-refractivity contribution in [2.24, 2.45) is 0 Å². The smallest absolute Gasteiger partial charge is 0.102 e. The molecule has 0 fully saturated rings. The minimum Gasteiger partial charge on any atom is -0.301 e. The van der Waals surface area contributed by atoms with Gasteiger partial charge in [-0.15, -0.1) is 0 Å². The fourth-order valence-corrected chi connectivity index (χ4v) is 3.78. The van der Waals surface area contributed by atoms with Gasteiger partial charge in [-0.2, -0.15) is 0 Å². The van der Waals surface area contributed by atoms with E-state index in [0.717, 1.165) is 38.8 Å². The third kappa shape index (κ3) is 4.38. The van der Waals surface area contributed by atoms with Crippen LogP contribution in [-0.4, -0.2) is 31.2 Å². The van der Waals surface area contributed by atoms with Crippen LogP contribution in [0.5, 0.6) is 0 Å². The molecule has 0 N–H and O–H groups in total. The first-order valence-electron chi connectivity index (χ1n) is 9.45. The molecule has 0 heterocycles. The molecule has 0 aliphatic heterocycles. The number of aryl methyl sites for hydroxylation is 1. The number of benzene rings is 1. The van der Waals surface area contributed by atoms with Crippen molar-refractivity contribution >= 4 is 5.57 Å². The first-order valence-corrected chi connectivity index (χ1v) is 9.45. The first kappa shape index (κ1) is 17.9. The number of rotatable bonds is 6. The summed E-state index contributed by atoms with van der Waals surface area (Å²) in [5, 5.41) is 0. The molecule has 1 nitrogen and oxygen atoms in total. The second kappa shape index (κ2) is 8.96. The van der Waals surface area contributed by atoms with Crippen molar-refractivity contribution in [3.05, 3.63) is 76.9 Å². The van der Waals surface area contributed by atoms with Crippen LogP contribution in [0.1, 0.15) is 37.3 Å². The van der Waals surface area contributed by atoms with Gasteiger partial charge >= 0.3 is 0 Å². The summed E-state index contributed by atoms with van der Waals surface area (Å²) in [6.45, 7) is 4.19. The molecule has 0 saturated carbocycles. The van der Waals surface area contributed by atoms with Gasteiger partial charge in [-0.3, -0.25) is 0 Å². The number of allylic oxidation sites excluding steroid dienone is 7. The minimum atomic E-state index is -0.267. The molecule has 0 amide bonds. The lowest BCUT2D eigenvalue weighted by Crippen LogP contribution is -2.26. The number of hydrogen-bond acceptors (Lipinski definition) is 1. The van der Waals surface area contributed by atoms with Crippen LogP contribution < -0.4 is 0 Å². The molecule has 2 heteroatoms. The summed E-state index contributed by atoms with van der Waals surface area (Å²) < 4.78 is 12.6. The quantitative estimate of drug-likeness (QED) is 0.661. The van der Waals surface area contributed by atoms with Gasteiger partial charge in [-0.1, -0.05) is 67.1 Å². The Kier molecular flexibility index (Phi) is 6.41. The van der Waals surface area contributed by atoms with Crippen LogP contribution >= 0.6 is 0 Å². The monoisotopic (exact) mass is 337 g/mol. The highest BCUT2D eigenvalue weighted by molar-refractivity contribution is 5.85. The highest BCUT2D eigenvalue weighted by Crippen LogP contribution is 2.37. The van der Waals surface area contributed by atoms with Gasteiger partial charge in [0.05, 0.1) is 0 Å². The van der Waals surface area contributed by atoms with Gasteiger partial charge in [0.15, 0.2) is 0 Å². The summed E-state index contributed by atoms with van der Waals surface area (Å²) in [5.41, 5.74) is 7.09. The molecule has 1 aromatic carbocycles. The van der Waals surface area contributed by atoms with Crippen LogP contribution in [0.4, 0.5) is 4.39 Å². The Morgan fingerprint density at radius 3 is 2.84 bits per heavy atom. The van der Waals surface area contributed by atoms with Crippen molar-refractivity contribution in [2.45, 2.75) is 32.6 Å². The second-order valence-corrected chi connectivity index (χ2v) is 6.70. The summed E-state index contributed by atoms with van der Waals surface area (Å²) in [4.78, 5) is 2.18. The second-order valence-electron chi connectivity index (χ2n) is 6.70. The molecule has 0 aromatic heterocycles. The molecule has 0 spiro atoms. The van der Waals surface area contributed by atoms with Gasteiger partial charge < -0.3 is 4.90 Å². The molecule has 0 radical (unpaired) electrons. The standard InChI is InChI=1S/C23H28FN/c1-2-25(18-16-24)17-8-13-23-21-11-5-3-4-9-19(21)14-15-20-10-6-7-12-22(20)23/h3-7,10-13H,2,8-9,14-18H2,1H3/b23-13-. The number of nitrogens with zero attached hydrogens (tertiary/aromatic N) is 1. The molecular weight excluding hydrogens is 309 g/mol. The molecule has 25 heavy (non-hydrogen) atoms. The largest absolute Gasteiger partial charge is 0.301 e. The van der Waals surface area contributed by atoms with Gasteiger partial charge in [0.2, 0.25) is 0 Å². The van der Waals surface area contributed by atoms with Crippen LogP contribution in [0.15, 0.2) is 65.8 Å². The van der Waals surface area contributed by atoms with Gasteiger partial charge in [0.1, 0.15) is 6.67 Å². The van der Waals surface area contributed by atoms with Crippen LogP contribution in [0.2, 0.25) is 0 Å². The lowest BCUT2D eigenvalue weighted by atomic mass is 9.92. The van der Waals surface area contributed by atoms with Crippen molar-refractivity contribution in [2.75, 3.05) is 26.3 Å². The Balaban J connectivity index is 1.92. The zero-order valence-electron chi connectivity index (χ0n) is 15.2. The molecule has 3 rings (SSSR count). The predicted octanol–water partition coefficient (Wildman–Crippen LogP) is 5.51. The number of halogens is 1. The lowest BCUT2D eigenvalue weighted by molar-refractivity contribution is 0.263. The SMILES string of the molecule is CCN(CCF)CC/C=C1/C2=C(CC=CC=C2)CCc2ccccc21. The van der Waals surface area contributed by atoms with E-state index in [0.29, 0.717) is 6.54 Å². The molecular formula is C23H28FN. The Morgan fingerprint density at radius 2 is 2.00 bits per heavy atom. The van der Waals surface area contributed by atoms with Crippen LogP contribution in [0.25, 0.3) is 5.57 Å². The van der Waals surface area contributed by atoms with Crippen molar-refractivity contribution in [3.63, 3.8) is 0 Å². The van der Waals surface area contributed by atoms with Crippen LogP contribution in [0, 0.1) is 0 Å². The summed E-state index contributed by atoms with van der Waals surface area (Å²) in [7, 11) is 0. The molecule has 0 saturated heterocycles. The summed E-state index contributed by atoms with van der Waals surface area (Å²) >= 11 is 0. The summed E-state index contributed by atoms with van der Waals surface area (Å²) in [6, 6.07) is 8.79. The zero-order chi connectivity index (χ0) is 17.5. The third-order valence-corrected chi connectivity index (χ3v) is 5.19. The van der Waals surface area contributed by atoms with E-state index >= 15 is 0 Å². The van der Waals surface area contributed by atoms with Crippen molar-refractivity contribution in [1.29, 1.82) is 0 Å². The molecule has 0 bridgehead atoms. The van der Waals surface area contributed by atoms with Crippen LogP contribution in [0.3, 0.4) is 0 Å². The van der Waals surface area contributed by atoms with Gasteiger partial charge in [-0.25, -0.2) is 4.39 Å². The van der Waals surface area contributed by atoms with E-state index < -0.39 is 0 Å². The topological polar surface area (TPSA) is 3.24 Å². The average molecular weight is 337 g/mol. The maximum absolute atomic E-state index is 12.6. The summed E-state index contributed by atoms with van der Waals surface area (Å²) in [5.74, 6) is 0. The number of hydrogen-bond donors (Lipinski definition) is 0. The fourth-order valence-electron chi connectivity index (χ4n) is 3.78. The number of fused-ring (bicyclic) bond motifs is 1. The maximum Gasteiger partial charge on any atom is 0.102 e. The zero-order valence-corrected chi connectivity index (χ0v) is 15.2. The van der Waals surface area contributed by atoms with Crippen molar-refractivity contribution < 1.29 is 4.39 Å². The Labute approximate surface area is 151 Å². The fraction of sp³-hybridized carbons (Fsp3) is 0.391. The molecule has 2 aliphatic rings. The molecule has 0 atom stereocenters. The molecule has 132 valence electrons. The normalized spacial score (nSPS) is 18.3. The Bertz CT molecular complexity index is 709. The highest BCUT2D eigenvalue weighted by atomic mass is 19.1. The third-order valence-electron chi connectivity index (χ3n) is 5.19. The van der Waals surface area contributed by atoms with E-state index in [2.05, 4.69) is 66.5 Å². The lowest BCUT2D eigenvalue weighted by Gasteiger charge is -2.18. The van der Waals surface area contributed by atoms with E-state index in [-0.39, 0.29) is 6.67 Å². The van der Waals surface area contributed by atoms with E-state index in [1.807, 2.05) is 0 Å². The molecule has 1 aromatic rings. The minimum absolute atomic E-state index is 0.267. The van der Waals surface area contributed by atoms with Crippen molar-refractivity contribution in [3.8, 4) is 0 Å². The number of alkyl halides is 1. The van der Waals surface area contributed by atoms with E-state index in [1.165, 1.54) is 27.8 Å². The Morgan fingerprint density at radius 1 is 1.12 bits per heavy atom. The average Bonchev–Trinajstić information content (AvgIpc) is 2.95. The molecule has 2 aliphatic carbocycles. The Hall–Kier alpha value is -1.93. The van der Waals surface area contributed by atoms with Gasteiger partial charge in [-0.05, 0) is 54.5 Å². The van der Waals surface area contributed by atoms with E-state index in [1.54, 1.807) is 0 Å². The van der Waals surface area contributed by atoms with Gasteiger partial charge in [0, 0.05) is 13.1 Å². The first-order chi connectivity index (χ1) is 12.3. The summed E-state index contributed by atoms with van der Waals surface area (Å²) in [6.07, 6.45) is 15.4. The highest BCUT2D eigenvalue weighted by Gasteiger charge is 2.18. The molecule has 0 unspecified atom stereocenters. The maximum atomic E-state index is 12.6. The van der Waals surface area contributed by atoms with Gasteiger partial charge in [0.25, 0.3) is 0 Å². The predicted molar refractivity (Wildman–Crippen MR) is 105 cm³/mol. The van der Waals surface area contributed by atoms with Crippen molar-refractivity contribution in [1.82, 2.24) is 4.90 Å². The van der Waals surface area contributed by atoms with Crippen LogP contribution in [-0.2, 0) is 6.42 Å².